The van der Waals surface area contributed by atoms with E-state index >= 15 is 0 Å². The standard InChI is InChI=1S/C11H11FN2O3S/c12-9-2-1-8(4-10(9)14(16)17)13-5-7(6-18)3-11(13)15/h1-2,4,7,18H,3,5-6H2. The highest BCUT2D eigenvalue weighted by molar-refractivity contribution is 7.80. The lowest BCUT2D eigenvalue weighted by Crippen LogP contribution is -2.24. The van der Waals surface area contributed by atoms with E-state index in [2.05, 4.69) is 12.6 Å². The van der Waals surface area contributed by atoms with Crippen molar-refractivity contribution in [3.05, 3.63) is 34.1 Å². The number of amides is 1. The van der Waals surface area contributed by atoms with Gasteiger partial charge >= 0.3 is 5.69 Å². The zero-order valence-corrected chi connectivity index (χ0v) is 10.3. The average Bonchev–Trinajstić information content (AvgIpc) is 2.71. The van der Waals surface area contributed by atoms with E-state index < -0.39 is 16.4 Å². The molecule has 1 aromatic carbocycles. The van der Waals surface area contributed by atoms with Gasteiger partial charge in [0.15, 0.2) is 0 Å². The Hall–Kier alpha value is -1.63. The van der Waals surface area contributed by atoms with Crippen LogP contribution in [0.1, 0.15) is 6.42 Å². The number of halogens is 1. The van der Waals surface area contributed by atoms with Gasteiger partial charge in [0, 0.05) is 19.0 Å². The first-order chi connectivity index (χ1) is 8.52. The summed E-state index contributed by atoms with van der Waals surface area (Å²) in [6.45, 7) is 0.463. The van der Waals surface area contributed by atoms with Crippen LogP contribution in [0.25, 0.3) is 0 Å². The van der Waals surface area contributed by atoms with Crippen molar-refractivity contribution in [1.29, 1.82) is 0 Å². The molecule has 1 atom stereocenters. The third-order valence-corrected chi connectivity index (χ3v) is 3.42. The second kappa shape index (κ2) is 4.93. The van der Waals surface area contributed by atoms with E-state index in [-0.39, 0.29) is 11.8 Å². The minimum atomic E-state index is -0.902. The van der Waals surface area contributed by atoms with Gasteiger partial charge in [-0.25, -0.2) is 0 Å². The van der Waals surface area contributed by atoms with Gasteiger partial charge in [-0.2, -0.15) is 17.0 Å². The van der Waals surface area contributed by atoms with E-state index in [1.54, 1.807) is 0 Å². The fraction of sp³-hybridized carbons (Fsp3) is 0.364. The molecule has 18 heavy (non-hydrogen) atoms. The van der Waals surface area contributed by atoms with Gasteiger partial charge in [-0.3, -0.25) is 14.9 Å². The van der Waals surface area contributed by atoms with Gasteiger partial charge < -0.3 is 4.90 Å². The van der Waals surface area contributed by atoms with Gasteiger partial charge in [-0.1, -0.05) is 0 Å². The predicted molar refractivity (Wildman–Crippen MR) is 67.4 cm³/mol. The molecule has 0 bridgehead atoms. The molecule has 1 heterocycles. The first-order valence-electron chi connectivity index (χ1n) is 5.38. The van der Waals surface area contributed by atoms with Crippen molar-refractivity contribution in [2.45, 2.75) is 6.42 Å². The number of carbonyl (C=O) groups is 1. The topological polar surface area (TPSA) is 63.5 Å². The summed E-state index contributed by atoms with van der Waals surface area (Å²) in [6.07, 6.45) is 0.370. The summed E-state index contributed by atoms with van der Waals surface area (Å²) in [5, 5.41) is 10.6. The molecule has 0 aliphatic carbocycles. The smallest absolute Gasteiger partial charge is 0.306 e. The summed E-state index contributed by atoms with van der Waals surface area (Å²) in [5.41, 5.74) is -0.257. The minimum absolute atomic E-state index is 0.116. The number of carbonyl (C=O) groups excluding carboxylic acids is 1. The summed E-state index contributed by atoms with van der Waals surface area (Å²) < 4.78 is 13.2. The van der Waals surface area contributed by atoms with Crippen molar-refractivity contribution < 1.29 is 14.1 Å². The van der Waals surface area contributed by atoms with Gasteiger partial charge in [0.1, 0.15) is 0 Å². The fourth-order valence-electron chi connectivity index (χ4n) is 1.96. The average molecular weight is 270 g/mol. The maximum atomic E-state index is 13.2. The van der Waals surface area contributed by atoms with E-state index in [1.807, 2.05) is 0 Å². The largest absolute Gasteiger partial charge is 0.312 e. The molecule has 1 aliphatic rings. The minimum Gasteiger partial charge on any atom is -0.312 e. The Morgan fingerprint density at radius 2 is 2.28 bits per heavy atom. The van der Waals surface area contributed by atoms with Crippen LogP contribution < -0.4 is 4.90 Å². The van der Waals surface area contributed by atoms with Crippen molar-refractivity contribution in [1.82, 2.24) is 0 Å². The summed E-state index contributed by atoms with van der Waals surface area (Å²) >= 11 is 4.13. The summed E-state index contributed by atoms with van der Waals surface area (Å²) in [4.78, 5) is 23.0. The molecule has 1 aliphatic heterocycles. The molecule has 0 saturated carbocycles. The first-order valence-corrected chi connectivity index (χ1v) is 6.01. The Labute approximate surface area is 108 Å². The molecule has 1 saturated heterocycles. The zero-order chi connectivity index (χ0) is 13.3. The molecule has 5 nitrogen and oxygen atoms in total. The molecule has 1 fully saturated rings. The molecular formula is C11H11FN2O3S. The number of hydrogen-bond acceptors (Lipinski definition) is 4. The molecule has 96 valence electrons. The predicted octanol–water partition coefficient (Wildman–Crippen LogP) is 2.02. The van der Waals surface area contributed by atoms with Gasteiger partial charge in [-0.15, -0.1) is 0 Å². The lowest BCUT2D eigenvalue weighted by molar-refractivity contribution is -0.387. The number of nitro groups is 1. The molecular weight excluding hydrogens is 259 g/mol. The molecule has 1 aromatic rings. The molecule has 0 radical (unpaired) electrons. The number of anilines is 1. The highest BCUT2D eigenvalue weighted by Gasteiger charge is 2.30. The fourth-order valence-corrected chi connectivity index (χ4v) is 2.21. The van der Waals surface area contributed by atoms with Crippen molar-refractivity contribution in [3.8, 4) is 0 Å². The molecule has 2 rings (SSSR count). The van der Waals surface area contributed by atoms with Crippen LogP contribution in [0, 0.1) is 21.8 Å². The van der Waals surface area contributed by atoms with Gasteiger partial charge in [-0.05, 0) is 23.8 Å². The third-order valence-electron chi connectivity index (χ3n) is 2.90. The number of rotatable bonds is 3. The van der Waals surface area contributed by atoms with Crippen molar-refractivity contribution in [2.75, 3.05) is 17.2 Å². The molecule has 0 spiro atoms. The van der Waals surface area contributed by atoms with Gasteiger partial charge in [0.05, 0.1) is 10.6 Å². The molecule has 0 N–H and O–H groups in total. The van der Waals surface area contributed by atoms with Gasteiger partial charge in [0.25, 0.3) is 0 Å². The number of benzene rings is 1. The second-order valence-corrected chi connectivity index (χ2v) is 4.52. The monoisotopic (exact) mass is 270 g/mol. The summed E-state index contributed by atoms with van der Waals surface area (Å²) in [5.74, 6) is -0.313. The highest BCUT2D eigenvalue weighted by atomic mass is 32.1. The van der Waals surface area contributed by atoms with Crippen LogP contribution in [0.2, 0.25) is 0 Å². The number of thiol groups is 1. The number of nitro benzene ring substituents is 1. The maximum absolute atomic E-state index is 13.2. The summed E-state index contributed by atoms with van der Waals surface area (Å²) in [6, 6.07) is 3.48. The van der Waals surface area contributed by atoms with Crippen molar-refractivity contribution >= 4 is 29.9 Å². The van der Waals surface area contributed by atoms with Crippen LogP contribution in [0.15, 0.2) is 18.2 Å². The van der Waals surface area contributed by atoms with E-state index in [0.717, 1.165) is 12.1 Å². The van der Waals surface area contributed by atoms with Crippen LogP contribution >= 0.6 is 12.6 Å². The number of hydrogen-bond donors (Lipinski definition) is 1. The Morgan fingerprint density at radius 1 is 1.56 bits per heavy atom. The number of nitrogens with zero attached hydrogens (tertiary/aromatic N) is 2. The van der Waals surface area contributed by atoms with Crippen LogP contribution in [0.4, 0.5) is 15.8 Å². The highest BCUT2D eigenvalue weighted by Crippen LogP contribution is 2.29. The zero-order valence-electron chi connectivity index (χ0n) is 9.38. The SMILES string of the molecule is O=C1CC(CS)CN1c1ccc(F)c([N+](=O)[O-])c1. The third kappa shape index (κ3) is 2.31. The van der Waals surface area contributed by atoms with E-state index in [0.29, 0.717) is 24.4 Å². The molecule has 1 amide bonds. The van der Waals surface area contributed by atoms with Gasteiger partial charge in [0.2, 0.25) is 11.7 Å². The lowest BCUT2D eigenvalue weighted by atomic mass is 10.1. The van der Waals surface area contributed by atoms with Crippen LogP contribution in [0.3, 0.4) is 0 Å². The van der Waals surface area contributed by atoms with E-state index in [1.165, 1.54) is 11.0 Å². The molecule has 7 heteroatoms. The quantitative estimate of drug-likeness (QED) is 0.519. The Kier molecular flexibility index (Phi) is 3.51. The normalized spacial score (nSPS) is 19.3. The Morgan fingerprint density at radius 3 is 2.83 bits per heavy atom. The molecule has 0 aromatic heterocycles. The first kappa shape index (κ1) is 12.8. The van der Waals surface area contributed by atoms with Crippen molar-refractivity contribution in [3.63, 3.8) is 0 Å². The van der Waals surface area contributed by atoms with E-state index in [9.17, 15) is 19.3 Å². The van der Waals surface area contributed by atoms with Crippen LogP contribution in [0.5, 0.6) is 0 Å². The van der Waals surface area contributed by atoms with Crippen LogP contribution in [-0.2, 0) is 4.79 Å². The Balaban J connectivity index is 2.32. The Bertz CT molecular complexity index is 509. The second-order valence-electron chi connectivity index (χ2n) is 4.15. The molecule has 1 unspecified atom stereocenters. The lowest BCUT2D eigenvalue weighted by Gasteiger charge is -2.16. The maximum Gasteiger partial charge on any atom is 0.306 e. The van der Waals surface area contributed by atoms with E-state index in [4.69, 9.17) is 0 Å². The van der Waals surface area contributed by atoms with Crippen molar-refractivity contribution in [2.24, 2.45) is 5.92 Å². The summed E-state index contributed by atoms with van der Waals surface area (Å²) in [7, 11) is 0. The van der Waals surface area contributed by atoms with Crippen LogP contribution in [-0.4, -0.2) is 23.1 Å².